The average molecular weight is 316 g/mol. The summed E-state index contributed by atoms with van der Waals surface area (Å²) in [4.78, 5) is 0.0448. The van der Waals surface area contributed by atoms with Crippen molar-refractivity contribution in [3.8, 4) is 5.75 Å². The fourth-order valence-electron chi connectivity index (χ4n) is 1.58. The SMILES string of the molecule is COc1ccc(S(=O)(=O)Nc2n[nH]c(C)c2C)cc1Cl. The molecule has 2 rings (SSSR count). The van der Waals surface area contributed by atoms with E-state index in [1.54, 1.807) is 6.92 Å². The number of aryl methyl sites for hydroxylation is 1. The van der Waals surface area contributed by atoms with Crippen LogP contribution < -0.4 is 9.46 Å². The molecule has 0 aliphatic rings. The third-order valence-electron chi connectivity index (χ3n) is 2.92. The van der Waals surface area contributed by atoms with Gasteiger partial charge in [-0.3, -0.25) is 9.82 Å². The van der Waals surface area contributed by atoms with Crippen LogP contribution in [0, 0.1) is 13.8 Å². The molecule has 0 aliphatic carbocycles. The third-order valence-corrected chi connectivity index (χ3v) is 4.55. The van der Waals surface area contributed by atoms with Gasteiger partial charge in [-0.05, 0) is 32.0 Å². The van der Waals surface area contributed by atoms with E-state index in [1.807, 2.05) is 6.92 Å². The Labute approximate surface area is 122 Å². The molecule has 1 aromatic carbocycles. The molecule has 0 saturated carbocycles. The standard InChI is InChI=1S/C12H14ClN3O3S/c1-7-8(2)14-15-12(7)16-20(17,18)9-4-5-11(19-3)10(13)6-9/h4-6H,1-3H3,(H2,14,15,16). The summed E-state index contributed by atoms with van der Waals surface area (Å²) in [6.45, 7) is 3.59. The number of hydrogen-bond donors (Lipinski definition) is 2. The molecule has 20 heavy (non-hydrogen) atoms. The Morgan fingerprint density at radius 1 is 1.35 bits per heavy atom. The molecule has 1 heterocycles. The Kier molecular flexibility index (Phi) is 3.92. The highest BCUT2D eigenvalue weighted by molar-refractivity contribution is 7.92. The molecule has 0 atom stereocenters. The molecule has 8 heteroatoms. The van der Waals surface area contributed by atoms with E-state index in [-0.39, 0.29) is 15.7 Å². The fraction of sp³-hybridized carbons (Fsp3) is 0.250. The zero-order chi connectivity index (χ0) is 14.9. The summed E-state index contributed by atoms with van der Waals surface area (Å²) < 4.78 is 31.9. The Hall–Kier alpha value is -1.73. The van der Waals surface area contributed by atoms with Gasteiger partial charge in [-0.2, -0.15) is 5.10 Å². The average Bonchev–Trinajstić information content (AvgIpc) is 2.70. The number of benzene rings is 1. The highest BCUT2D eigenvalue weighted by atomic mass is 35.5. The summed E-state index contributed by atoms with van der Waals surface area (Å²) in [5, 5.41) is 6.85. The predicted octanol–water partition coefficient (Wildman–Crippen LogP) is 2.49. The first-order valence-electron chi connectivity index (χ1n) is 5.73. The number of ether oxygens (including phenoxy) is 1. The first-order chi connectivity index (χ1) is 9.35. The first kappa shape index (κ1) is 14.7. The van der Waals surface area contributed by atoms with Crippen molar-refractivity contribution in [2.75, 3.05) is 11.8 Å². The molecule has 0 fully saturated rings. The number of sulfonamides is 1. The summed E-state index contributed by atoms with van der Waals surface area (Å²) in [6.07, 6.45) is 0. The molecule has 108 valence electrons. The maximum atomic E-state index is 12.3. The number of hydrogen-bond acceptors (Lipinski definition) is 4. The topological polar surface area (TPSA) is 84.1 Å². The molecule has 0 aliphatic heterocycles. The van der Waals surface area contributed by atoms with E-state index in [9.17, 15) is 8.42 Å². The summed E-state index contributed by atoms with van der Waals surface area (Å²) in [5.74, 6) is 0.687. The Bertz CT molecular complexity index is 740. The van der Waals surface area contributed by atoms with Crippen LogP contribution in [0.4, 0.5) is 5.82 Å². The zero-order valence-corrected chi connectivity index (χ0v) is 12.8. The van der Waals surface area contributed by atoms with Gasteiger partial charge >= 0.3 is 0 Å². The molecular weight excluding hydrogens is 302 g/mol. The minimum absolute atomic E-state index is 0.0448. The molecule has 0 radical (unpaired) electrons. The van der Waals surface area contributed by atoms with Crippen molar-refractivity contribution in [3.63, 3.8) is 0 Å². The van der Waals surface area contributed by atoms with E-state index in [2.05, 4.69) is 14.9 Å². The van der Waals surface area contributed by atoms with Gasteiger partial charge < -0.3 is 4.74 Å². The molecule has 2 N–H and O–H groups in total. The van der Waals surface area contributed by atoms with Crippen molar-refractivity contribution in [2.24, 2.45) is 0 Å². The van der Waals surface area contributed by atoms with Crippen LogP contribution in [0.15, 0.2) is 23.1 Å². The van der Waals surface area contributed by atoms with Crippen LogP contribution in [0.3, 0.4) is 0 Å². The fourth-order valence-corrected chi connectivity index (χ4v) is 3.00. The van der Waals surface area contributed by atoms with Crippen LogP contribution in [-0.4, -0.2) is 25.7 Å². The minimum atomic E-state index is -3.74. The largest absolute Gasteiger partial charge is 0.495 e. The van der Waals surface area contributed by atoms with Gasteiger partial charge in [0.25, 0.3) is 10.0 Å². The maximum absolute atomic E-state index is 12.3. The van der Waals surface area contributed by atoms with Gasteiger partial charge in [0.2, 0.25) is 0 Å². The minimum Gasteiger partial charge on any atom is -0.495 e. The number of nitrogens with one attached hydrogen (secondary N) is 2. The van der Waals surface area contributed by atoms with E-state index in [4.69, 9.17) is 16.3 Å². The van der Waals surface area contributed by atoms with Gasteiger partial charge in [0, 0.05) is 11.3 Å². The third kappa shape index (κ3) is 2.73. The van der Waals surface area contributed by atoms with Crippen LogP contribution in [-0.2, 0) is 10.0 Å². The van der Waals surface area contributed by atoms with Crippen molar-refractivity contribution in [1.82, 2.24) is 10.2 Å². The number of methoxy groups -OCH3 is 1. The highest BCUT2D eigenvalue weighted by Crippen LogP contribution is 2.28. The van der Waals surface area contributed by atoms with Gasteiger partial charge in [0.1, 0.15) is 5.75 Å². The van der Waals surface area contributed by atoms with E-state index >= 15 is 0 Å². The molecule has 0 amide bonds. The van der Waals surface area contributed by atoms with Crippen molar-refractivity contribution < 1.29 is 13.2 Å². The number of aromatic nitrogens is 2. The van der Waals surface area contributed by atoms with Crippen LogP contribution in [0.2, 0.25) is 5.02 Å². The lowest BCUT2D eigenvalue weighted by Crippen LogP contribution is -2.14. The summed E-state index contributed by atoms with van der Waals surface area (Å²) >= 11 is 5.93. The monoisotopic (exact) mass is 315 g/mol. The molecule has 0 saturated heterocycles. The molecule has 1 aromatic heterocycles. The van der Waals surface area contributed by atoms with Crippen molar-refractivity contribution in [2.45, 2.75) is 18.7 Å². The maximum Gasteiger partial charge on any atom is 0.263 e. The molecule has 2 aromatic rings. The summed E-state index contributed by atoms with van der Waals surface area (Å²) in [5.41, 5.74) is 1.55. The first-order valence-corrected chi connectivity index (χ1v) is 7.59. The molecule has 6 nitrogen and oxygen atoms in total. The normalized spacial score (nSPS) is 11.4. The number of H-pyrrole nitrogens is 1. The van der Waals surface area contributed by atoms with Crippen LogP contribution >= 0.6 is 11.6 Å². The van der Waals surface area contributed by atoms with E-state index in [0.29, 0.717) is 5.75 Å². The second kappa shape index (κ2) is 5.34. The number of rotatable bonds is 4. The second-order valence-corrected chi connectivity index (χ2v) is 6.31. The lowest BCUT2D eigenvalue weighted by Gasteiger charge is -2.08. The number of nitrogens with zero attached hydrogens (tertiary/aromatic N) is 1. The lowest BCUT2D eigenvalue weighted by atomic mass is 10.3. The Morgan fingerprint density at radius 2 is 2.05 bits per heavy atom. The van der Waals surface area contributed by atoms with Gasteiger partial charge in [0.15, 0.2) is 5.82 Å². The van der Waals surface area contributed by atoms with Crippen LogP contribution in [0.5, 0.6) is 5.75 Å². The molecule has 0 unspecified atom stereocenters. The zero-order valence-electron chi connectivity index (χ0n) is 11.2. The van der Waals surface area contributed by atoms with Gasteiger partial charge in [-0.15, -0.1) is 0 Å². The Morgan fingerprint density at radius 3 is 2.55 bits per heavy atom. The van der Waals surface area contributed by atoms with Gasteiger partial charge in [0.05, 0.1) is 17.0 Å². The van der Waals surface area contributed by atoms with Gasteiger partial charge in [-0.25, -0.2) is 8.42 Å². The van der Waals surface area contributed by atoms with Crippen molar-refractivity contribution in [3.05, 3.63) is 34.5 Å². The van der Waals surface area contributed by atoms with Crippen LogP contribution in [0.25, 0.3) is 0 Å². The lowest BCUT2D eigenvalue weighted by molar-refractivity contribution is 0.414. The summed E-state index contributed by atoms with van der Waals surface area (Å²) in [6, 6.07) is 4.25. The van der Waals surface area contributed by atoms with Gasteiger partial charge in [-0.1, -0.05) is 11.6 Å². The smallest absolute Gasteiger partial charge is 0.263 e. The molecule has 0 spiro atoms. The van der Waals surface area contributed by atoms with Crippen molar-refractivity contribution in [1.29, 1.82) is 0 Å². The Balaban J connectivity index is 2.36. The quantitative estimate of drug-likeness (QED) is 0.908. The molecule has 0 bridgehead atoms. The molecular formula is C12H14ClN3O3S. The van der Waals surface area contributed by atoms with E-state index < -0.39 is 10.0 Å². The highest BCUT2D eigenvalue weighted by Gasteiger charge is 2.19. The number of anilines is 1. The van der Waals surface area contributed by atoms with Crippen molar-refractivity contribution >= 4 is 27.4 Å². The van der Waals surface area contributed by atoms with E-state index in [1.165, 1.54) is 25.3 Å². The predicted molar refractivity (Wildman–Crippen MR) is 76.9 cm³/mol. The number of aromatic amines is 1. The van der Waals surface area contributed by atoms with Crippen LogP contribution in [0.1, 0.15) is 11.3 Å². The summed E-state index contributed by atoms with van der Waals surface area (Å²) in [7, 11) is -2.28. The second-order valence-electron chi connectivity index (χ2n) is 4.22. The van der Waals surface area contributed by atoms with E-state index in [0.717, 1.165) is 11.3 Å². The number of halogens is 1.